The van der Waals surface area contributed by atoms with E-state index in [9.17, 15) is 4.79 Å². The highest BCUT2D eigenvalue weighted by Gasteiger charge is 2.17. The quantitative estimate of drug-likeness (QED) is 0.325. The van der Waals surface area contributed by atoms with Gasteiger partial charge in [0.05, 0.1) is 5.75 Å². The molecule has 0 aliphatic heterocycles. The third-order valence-corrected chi connectivity index (χ3v) is 6.40. The number of hydrogen-bond acceptors (Lipinski definition) is 6. The largest absolute Gasteiger partial charge is 0.485 e. The SMILES string of the molecule is Cc1cccc(C)c1OCc1nnc(SCC(=O)Nc2ccc(N(C)C)cc2)n1-c1ccccc1. The normalized spacial score (nSPS) is 10.7. The molecular formula is C27H29N5O2S. The van der Waals surface area contributed by atoms with Crippen LogP contribution in [0.15, 0.2) is 78.0 Å². The zero-order valence-electron chi connectivity index (χ0n) is 20.4. The van der Waals surface area contributed by atoms with E-state index in [2.05, 4.69) is 15.5 Å². The maximum Gasteiger partial charge on any atom is 0.234 e. The summed E-state index contributed by atoms with van der Waals surface area (Å²) in [7, 11) is 3.96. The highest BCUT2D eigenvalue weighted by molar-refractivity contribution is 7.99. The summed E-state index contributed by atoms with van der Waals surface area (Å²) in [6.07, 6.45) is 0. The molecule has 4 rings (SSSR count). The average molecular weight is 488 g/mol. The number of nitrogens with one attached hydrogen (secondary N) is 1. The Morgan fingerprint density at radius 3 is 2.29 bits per heavy atom. The molecule has 3 aromatic carbocycles. The van der Waals surface area contributed by atoms with E-state index in [4.69, 9.17) is 4.74 Å². The van der Waals surface area contributed by atoms with Crippen molar-refractivity contribution >= 4 is 29.0 Å². The summed E-state index contributed by atoms with van der Waals surface area (Å²) < 4.78 is 8.09. The number of carbonyl (C=O) groups excluding carboxylic acids is 1. The van der Waals surface area contributed by atoms with Crippen LogP contribution in [-0.4, -0.2) is 40.5 Å². The standard InChI is InChI=1S/C27H29N5O2S/c1-19-9-8-10-20(2)26(19)34-17-24-29-30-27(32(24)23-11-6-5-7-12-23)35-18-25(33)28-21-13-15-22(16-14-21)31(3)4/h5-16H,17-18H2,1-4H3,(H,28,33). The number of thioether (sulfide) groups is 1. The predicted molar refractivity (Wildman–Crippen MR) is 142 cm³/mol. The van der Waals surface area contributed by atoms with E-state index in [1.54, 1.807) is 0 Å². The zero-order chi connectivity index (χ0) is 24.8. The van der Waals surface area contributed by atoms with Crippen molar-refractivity contribution in [1.29, 1.82) is 0 Å². The smallest absolute Gasteiger partial charge is 0.234 e. The number of ether oxygens (including phenoxy) is 1. The summed E-state index contributed by atoms with van der Waals surface area (Å²) in [6, 6.07) is 23.7. The number of para-hydroxylation sites is 2. The molecule has 1 amide bonds. The Morgan fingerprint density at radius 1 is 0.943 bits per heavy atom. The molecule has 180 valence electrons. The van der Waals surface area contributed by atoms with Gasteiger partial charge in [0.2, 0.25) is 5.91 Å². The molecule has 35 heavy (non-hydrogen) atoms. The molecule has 0 atom stereocenters. The monoisotopic (exact) mass is 487 g/mol. The molecule has 1 N–H and O–H groups in total. The van der Waals surface area contributed by atoms with Gasteiger partial charge in [-0.15, -0.1) is 10.2 Å². The molecule has 0 aliphatic carbocycles. The van der Waals surface area contributed by atoms with Gasteiger partial charge in [-0.25, -0.2) is 0 Å². The van der Waals surface area contributed by atoms with Gasteiger partial charge in [-0.2, -0.15) is 0 Å². The molecule has 0 aliphatic rings. The minimum Gasteiger partial charge on any atom is -0.485 e. The van der Waals surface area contributed by atoms with Crippen LogP contribution in [0, 0.1) is 13.8 Å². The third-order valence-electron chi connectivity index (χ3n) is 5.47. The minimum atomic E-state index is -0.108. The van der Waals surface area contributed by atoms with Gasteiger partial charge in [0, 0.05) is 31.2 Å². The van der Waals surface area contributed by atoms with Gasteiger partial charge in [0.1, 0.15) is 12.4 Å². The number of rotatable bonds is 9. The van der Waals surface area contributed by atoms with E-state index in [-0.39, 0.29) is 18.3 Å². The van der Waals surface area contributed by atoms with E-state index < -0.39 is 0 Å². The Bertz CT molecular complexity index is 1270. The molecule has 0 fully saturated rings. The molecule has 0 radical (unpaired) electrons. The lowest BCUT2D eigenvalue weighted by Gasteiger charge is -2.14. The van der Waals surface area contributed by atoms with E-state index in [1.165, 1.54) is 11.8 Å². The van der Waals surface area contributed by atoms with Crippen LogP contribution in [0.25, 0.3) is 5.69 Å². The van der Waals surface area contributed by atoms with Gasteiger partial charge in [-0.1, -0.05) is 48.2 Å². The number of hydrogen-bond donors (Lipinski definition) is 1. The number of amides is 1. The van der Waals surface area contributed by atoms with Crippen LogP contribution in [0.2, 0.25) is 0 Å². The van der Waals surface area contributed by atoms with Crippen LogP contribution in [0.1, 0.15) is 17.0 Å². The lowest BCUT2D eigenvalue weighted by atomic mass is 10.1. The number of carbonyl (C=O) groups is 1. The summed E-state index contributed by atoms with van der Waals surface area (Å²) in [5, 5.41) is 12.3. The van der Waals surface area contributed by atoms with Gasteiger partial charge in [0.15, 0.2) is 11.0 Å². The number of nitrogens with zero attached hydrogens (tertiary/aromatic N) is 4. The fourth-order valence-corrected chi connectivity index (χ4v) is 4.43. The van der Waals surface area contributed by atoms with Gasteiger partial charge in [-0.05, 0) is 61.4 Å². The van der Waals surface area contributed by atoms with Crippen molar-refractivity contribution in [2.75, 3.05) is 30.1 Å². The van der Waals surface area contributed by atoms with Gasteiger partial charge in [0.25, 0.3) is 0 Å². The topological polar surface area (TPSA) is 72.3 Å². The molecular weight excluding hydrogens is 458 g/mol. The number of aromatic nitrogens is 3. The van der Waals surface area contributed by atoms with Crippen molar-refractivity contribution in [2.24, 2.45) is 0 Å². The Hall–Kier alpha value is -3.78. The molecule has 4 aromatic rings. The molecule has 1 aromatic heterocycles. The summed E-state index contributed by atoms with van der Waals surface area (Å²) in [6.45, 7) is 4.31. The molecule has 0 saturated carbocycles. The maximum absolute atomic E-state index is 12.6. The Morgan fingerprint density at radius 2 is 1.63 bits per heavy atom. The number of aryl methyl sites for hydroxylation is 2. The Kier molecular flexibility index (Phi) is 7.72. The molecule has 0 unspecified atom stereocenters. The third kappa shape index (κ3) is 6.02. The highest BCUT2D eigenvalue weighted by Crippen LogP contribution is 2.26. The van der Waals surface area contributed by atoms with Crippen LogP contribution in [0.5, 0.6) is 5.75 Å². The first-order chi connectivity index (χ1) is 16.9. The first kappa shape index (κ1) is 24.3. The Labute approximate surface area is 210 Å². The lowest BCUT2D eigenvalue weighted by molar-refractivity contribution is -0.113. The van der Waals surface area contributed by atoms with Crippen LogP contribution in [0.3, 0.4) is 0 Å². The van der Waals surface area contributed by atoms with Crippen molar-refractivity contribution < 1.29 is 9.53 Å². The van der Waals surface area contributed by atoms with Crippen LogP contribution in [0.4, 0.5) is 11.4 Å². The molecule has 0 bridgehead atoms. The summed E-state index contributed by atoms with van der Waals surface area (Å²) >= 11 is 1.34. The van der Waals surface area contributed by atoms with Crippen molar-refractivity contribution in [3.05, 3.63) is 89.7 Å². The molecule has 8 heteroatoms. The zero-order valence-corrected chi connectivity index (χ0v) is 21.2. The van der Waals surface area contributed by atoms with E-state index >= 15 is 0 Å². The van der Waals surface area contributed by atoms with Gasteiger partial charge in [-0.3, -0.25) is 9.36 Å². The van der Waals surface area contributed by atoms with Crippen molar-refractivity contribution in [1.82, 2.24) is 14.8 Å². The van der Waals surface area contributed by atoms with Crippen LogP contribution >= 0.6 is 11.8 Å². The molecule has 7 nitrogen and oxygen atoms in total. The van der Waals surface area contributed by atoms with Crippen molar-refractivity contribution in [3.63, 3.8) is 0 Å². The maximum atomic E-state index is 12.6. The Balaban J connectivity index is 1.48. The second-order valence-electron chi connectivity index (χ2n) is 8.36. The second-order valence-corrected chi connectivity index (χ2v) is 9.30. The summed E-state index contributed by atoms with van der Waals surface area (Å²) in [5.41, 5.74) is 4.89. The first-order valence-electron chi connectivity index (χ1n) is 11.3. The fraction of sp³-hybridized carbons (Fsp3) is 0.222. The van der Waals surface area contributed by atoms with Crippen molar-refractivity contribution in [2.45, 2.75) is 25.6 Å². The summed E-state index contributed by atoms with van der Waals surface area (Å²) in [4.78, 5) is 14.6. The van der Waals surface area contributed by atoms with Gasteiger partial charge < -0.3 is 15.0 Å². The predicted octanol–water partition coefficient (Wildman–Crippen LogP) is 5.26. The van der Waals surface area contributed by atoms with Crippen molar-refractivity contribution in [3.8, 4) is 11.4 Å². The highest BCUT2D eigenvalue weighted by atomic mass is 32.2. The second kappa shape index (κ2) is 11.1. The molecule has 0 spiro atoms. The first-order valence-corrected chi connectivity index (χ1v) is 12.3. The van der Waals surface area contributed by atoms with Gasteiger partial charge >= 0.3 is 0 Å². The minimum absolute atomic E-state index is 0.108. The van der Waals surface area contributed by atoms with E-state index in [0.717, 1.165) is 33.9 Å². The van der Waals surface area contributed by atoms with Crippen LogP contribution < -0.4 is 15.0 Å². The molecule has 0 saturated heterocycles. The average Bonchev–Trinajstić information content (AvgIpc) is 3.26. The fourth-order valence-electron chi connectivity index (χ4n) is 3.66. The number of anilines is 2. The van der Waals surface area contributed by atoms with Crippen LogP contribution in [-0.2, 0) is 11.4 Å². The van der Waals surface area contributed by atoms with E-state index in [1.807, 2.05) is 110 Å². The summed E-state index contributed by atoms with van der Waals surface area (Å²) in [5.74, 6) is 1.62. The molecule has 1 heterocycles. The number of benzene rings is 3. The lowest BCUT2D eigenvalue weighted by Crippen LogP contribution is -2.15. The van der Waals surface area contributed by atoms with E-state index in [0.29, 0.717) is 11.0 Å².